The van der Waals surface area contributed by atoms with Gasteiger partial charge in [-0.25, -0.2) is 0 Å². The Morgan fingerprint density at radius 1 is 1.05 bits per heavy atom. The van der Waals surface area contributed by atoms with Crippen molar-refractivity contribution in [3.63, 3.8) is 0 Å². The molecule has 3 heteroatoms. The molecule has 0 unspecified atom stereocenters. The van der Waals surface area contributed by atoms with Crippen molar-refractivity contribution < 1.29 is 5.11 Å². The van der Waals surface area contributed by atoms with Crippen LogP contribution in [0.5, 0.6) is 0 Å². The zero-order chi connectivity index (χ0) is 13.9. The smallest absolute Gasteiger partial charge is 0.0702 e. The summed E-state index contributed by atoms with van der Waals surface area (Å²) in [6.45, 7) is 1.07. The zero-order valence-corrected chi connectivity index (χ0v) is 12.9. The second-order valence-electron chi connectivity index (χ2n) is 5.17. The highest BCUT2D eigenvalue weighted by atomic mass is 79.9. The van der Waals surface area contributed by atoms with Gasteiger partial charge in [0.1, 0.15) is 0 Å². The molecular formula is C17H18BrNO. The van der Waals surface area contributed by atoms with Crippen LogP contribution >= 0.6 is 15.9 Å². The summed E-state index contributed by atoms with van der Waals surface area (Å²) in [5, 5.41) is 9.64. The number of halogens is 1. The van der Waals surface area contributed by atoms with Gasteiger partial charge in [-0.2, -0.15) is 0 Å². The third kappa shape index (κ3) is 2.60. The number of aliphatic hydroxyl groups is 1. The van der Waals surface area contributed by atoms with Gasteiger partial charge in [-0.15, -0.1) is 0 Å². The predicted molar refractivity (Wildman–Crippen MR) is 86.5 cm³/mol. The maximum atomic E-state index is 9.64. The number of hydrogen-bond donors (Lipinski definition) is 1. The molecule has 1 N–H and O–H groups in total. The first-order valence-corrected chi connectivity index (χ1v) is 7.83. The summed E-state index contributed by atoms with van der Waals surface area (Å²) in [5.74, 6) is 0. The molecule has 2 aromatic carbocycles. The van der Waals surface area contributed by atoms with Crippen molar-refractivity contribution in [3.05, 3.63) is 58.1 Å². The number of fused-ring (bicyclic) bond motifs is 1. The summed E-state index contributed by atoms with van der Waals surface area (Å²) in [4.78, 5) is 2.35. The molecule has 0 fully saturated rings. The molecule has 0 saturated heterocycles. The lowest BCUT2D eigenvalue weighted by molar-refractivity contribution is 0.282. The average Bonchev–Trinajstić information content (AvgIpc) is 2.69. The molecule has 1 aliphatic heterocycles. The molecule has 0 saturated carbocycles. The summed E-state index contributed by atoms with van der Waals surface area (Å²) >= 11 is 3.48. The Balaban J connectivity index is 2.10. The van der Waals surface area contributed by atoms with Crippen LogP contribution in [0.2, 0.25) is 0 Å². The van der Waals surface area contributed by atoms with Gasteiger partial charge in [-0.05, 0) is 49.1 Å². The number of aryl methyl sites for hydroxylation is 1. The normalized spacial score (nSPS) is 14.8. The highest BCUT2D eigenvalue weighted by molar-refractivity contribution is 9.10. The summed E-state index contributed by atoms with van der Waals surface area (Å²) < 4.78 is 1.01. The molecule has 0 atom stereocenters. The molecule has 3 rings (SSSR count). The lowest BCUT2D eigenvalue weighted by Crippen LogP contribution is -2.19. The standard InChI is InChI=1S/C17H18BrNO/c18-15-8-9-17(14(11-15)12-20)19-10-4-3-6-13-5-1-2-7-16(13)19/h1-2,5,7-9,11,20H,3-4,6,10,12H2. The van der Waals surface area contributed by atoms with Crippen molar-refractivity contribution in [3.8, 4) is 0 Å². The van der Waals surface area contributed by atoms with Crippen molar-refractivity contribution in [1.82, 2.24) is 0 Å². The molecule has 0 amide bonds. The molecule has 2 aromatic rings. The molecule has 0 bridgehead atoms. The summed E-state index contributed by atoms with van der Waals surface area (Å²) in [5.41, 5.74) is 4.76. The minimum Gasteiger partial charge on any atom is -0.392 e. The Hall–Kier alpha value is -1.32. The van der Waals surface area contributed by atoms with Crippen LogP contribution in [0.3, 0.4) is 0 Å². The van der Waals surface area contributed by atoms with E-state index in [-0.39, 0.29) is 6.61 Å². The molecule has 2 nitrogen and oxygen atoms in total. The average molecular weight is 332 g/mol. The Labute approximate surface area is 128 Å². The zero-order valence-electron chi connectivity index (χ0n) is 11.3. The number of benzene rings is 2. The molecule has 0 aliphatic carbocycles. The Morgan fingerprint density at radius 3 is 2.75 bits per heavy atom. The summed E-state index contributed by atoms with van der Waals surface area (Å²) in [6.07, 6.45) is 3.53. The van der Waals surface area contributed by atoms with E-state index in [0.29, 0.717) is 0 Å². The van der Waals surface area contributed by atoms with Crippen molar-refractivity contribution in [2.45, 2.75) is 25.9 Å². The van der Waals surface area contributed by atoms with Crippen molar-refractivity contribution in [2.24, 2.45) is 0 Å². The maximum absolute atomic E-state index is 9.64. The second-order valence-corrected chi connectivity index (χ2v) is 6.08. The van der Waals surface area contributed by atoms with E-state index in [2.05, 4.69) is 51.2 Å². The van der Waals surface area contributed by atoms with Crippen LogP contribution in [0, 0.1) is 0 Å². The van der Waals surface area contributed by atoms with E-state index in [4.69, 9.17) is 0 Å². The number of rotatable bonds is 2. The first-order chi connectivity index (χ1) is 9.79. The molecule has 0 radical (unpaired) electrons. The molecule has 1 heterocycles. The number of anilines is 2. The van der Waals surface area contributed by atoms with Crippen LogP contribution in [0.15, 0.2) is 46.9 Å². The van der Waals surface area contributed by atoms with Crippen LogP contribution in [0.4, 0.5) is 11.4 Å². The van der Waals surface area contributed by atoms with E-state index in [1.807, 2.05) is 12.1 Å². The number of aliphatic hydroxyl groups excluding tert-OH is 1. The predicted octanol–water partition coefficient (Wildman–Crippen LogP) is 4.42. The molecule has 20 heavy (non-hydrogen) atoms. The van der Waals surface area contributed by atoms with Crippen LogP contribution in [0.25, 0.3) is 0 Å². The summed E-state index contributed by atoms with van der Waals surface area (Å²) in [6, 6.07) is 14.7. The van der Waals surface area contributed by atoms with Crippen molar-refractivity contribution >= 4 is 27.3 Å². The van der Waals surface area contributed by atoms with Gasteiger partial charge in [-0.1, -0.05) is 34.1 Å². The van der Waals surface area contributed by atoms with Gasteiger partial charge in [0.2, 0.25) is 0 Å². The number of nitrogens with zero attached hydrogens (tertiary/aromatic N) is 1. The van der Waals surface area contributed by atoms with Crippen LogP contribution in [0.1, 0.15) is 24.0 Å². The SMILES string of the molecule is OCc1cc(Br)ccc1N1CCCCc2ccccc21. The molecule has 1 aliphatic rings. The maximum Gasteiger partial charge on any atom is 0.0702 e. The van der Waals surface area contributed by atoms with Gasteiger partial charge >= 0.3 is 0 Å². The van der Waals surface area contributed by atoms with Crippen molar-refractivity contribution in [2.75, 3.05) is 11.4 Å². The fourth-order valence-electron chi connectivity index (χ4n) is 2.89. The van der Waals surface area contributed by atoms with Crippen molar-refractivity contribution in [1.29, 1.82) is 0 Å². The van der Waals surface area contributed by atoms with Gasteiger partial charge in [-0.3, -0.25) is 0 Å². The minimum absolute atomic E-state index is 0.0629. The molecule has 0 spiro atoms. The molecular weight excluding hydrogens is 314 g/mol. The van der Waals surface area contributed by atoms with Gasteiger partial charge in [0, 0.05) is 28.0 Å². The van der Waals surface area contributed by atoms with Crippen LogP contribution in [-0.2, 0) is 13.0 Å². The minimum atomic E-state index is 0.0629. The van der Waals surface area contributed by atoms with Gasteiger partial charge < -0.3 is 10.0 Å². The topological polar surface area (TPSA) is 23.5 Å². The highest BCUT2D eigenvalue weighted by Crippen LogP contribution is 2.35. The fraction of sp³-hybridized carbons (Fsp3) is 0.294. The third-order valence-corrected chi connectivity index (χ3v) is 4.36. The first-order valence-electron chi connectivity index (χ1n) is 7.04. The molecule has 104 valence electrons. The van der Waals surface area contributed by atoms with E-state index >= 15 is 0 Å². The van der Waals surface area contributed by atoms with Gasteiger partial charge in [0.25, 0.3) is 0 Å². The summed E-state index contributed by atoms with van der Waals surface area (Å²) in [7, 11) is 0. The monoisotopic (exact) mass is 331 g/mol. The van der Waals surface area contributed by atoms with E-state index in [1.54, 1.807) is 0 Å². The lowest BCUT2D eigenvalue weighted by atomic mass is 10.1. The first kappa shape index (κ1) is 13.7. The Morgan fingerprint density at radius 2 is 1.90 bits per heavy atom. The molecule has 0 aromatic heterocycles. The quantitative estimate of drug-likeness (QED) is 0.880. The number of hydrogen-bond acceptors (Lipinski definition) is 2. The van der Waals surface area contributed by atoms with E-state index in [1.165, 1.54) is 24.1 Å². The third-order valence-electron chi connectivity index (χ3n) is 3.86. The van der Waals surface area contributed by atoms with E-state index < -0.39 is 0 Å². The second kappa shape index (κ2) is 5.98. The fourth-order valence-corrected chi connectivity index (χ4v) is 3.29. The Kier molecular flexibility index (Phi) is 4.08. The number of para-hydroxylation sites is 1. The highest BCUT2D eigenvalue weighted by Gasteiger charge is 2.18. The van der Waals surface area contributed by atoms with Crippen LogP contribution in [-0.4, -0.2) is 11.7 Å². The van der Waals surface area contributed by atoms with Gasteiger partial charge in [0.05, 0.1) is 6.61 Å². The van der Waals surface area contributed by atoms with E-state index in [9.17, 15) is 5.11 Å². The van der Waals surface area contributed by atoms with E-state index in [0.717, 1.165) is 28.7 Å². The van der Waals surface area contributed by atoms with Crippen LogP contribution < -0.4 is 4.90 Å². The lowest BCUT2D eigenvalue weighted by Gasteiger charge is -2.27. The van der Waals surface area contributed by atoms with Gasteiger partial charge in [0.15, 0.2) is 0 Å². The Bertz CT molecular complexity index is 612. The largest absolute Gasteiger partial charge is 0.392 e.